The maximum absolute atomic E-state index is 11.6. The Morgan fingerprint density at radius 2 is 0.443 bits per heavy atom. The Labute approximate surface area is 728 Å². The van der Waals surface area contributed by atoms with Crippen molar-refractivity contribution in [2.75, 3.05) is 0 Å². The number of carboxylic acids is 1. The maximum atomic E-state index is 11.6. The number of halogens is 2. The van der Waals surface area contributed by atoms with E-state index in [1.54, 1.807) is 12.1 Å². The van der Waals surface area contributed by atoms with E-state index in [-0.39, 0.29) is 6.61 Å². The van der Waals surface area contributed by atoms with Crippen LogP contribution in [-0.4, -0.2) is 48.6 Å². The third-order valence-electron chi connectivity index (χ3n) is 23.4. The Morgan fingerprint density at radius 1 is 0.221 bits per heavy atom. The molecule has 0 spiro atoms. The lowest BCUT2D eigenvalue weighted by atomic mass is 10.1. The van der Waals surface area contributed by atoms with Crippen LogP contribution >= 0.6 is 45.2 Å². The molecule has 25 aromatic rings. The van der Waals surface area contributed by atoms with Crippen LogP contribution in [0.4, 0.5) is 0 Å². The lowest BCUT2D eigenvalue weighted by molar-refractivity contribution is 0.0697. The summed E-state index contributed by atoms with van der Waals surface area (Å²) in [4.78, 5) is 15.0. The summed E-state index contributed by atoms with van der Waals surface area (Å²) in [6.45, 7) is 0.0404. The third kappa shape index (κ3) is 13.4. The topological polar surface area (TPSA) is 103 Å². The summed E-state index contributed by atoms with van der Waals surface area (Å²) in [7, 11) is 0. The number of aromatic carboxylic acids is 1. The Hall–Kier alpha value is -14.6. The van der Waals surface area contributed by atoms with Crippen molar-refractivity contribution in [3.63, 3.8) is 0 Å². The smallest absolute Gasteiger partial charge is 0.335 e. The van der Waals surface area contributed by atoms with Crippen LogP contribution in [0.3, 0.4) is 0 Å². The number of aliphatic hydroxyl groups excluding tert-OH is 1. The highest BCUT2D eigenvalue weighted by Gasteiger charge is 2.21. The minimum Gasteiger partial charge on any atom is -0.478 e. The Balaban J connectivity index is 0.000000100. The van der Waals surface area contributed by atoms with Crippen LogP contribution in [0.25, 0.3) is 187 Å². The first kappa shape index (κ1) is 75.0. The molecule has 18 aromatic carbocycles. The fraction of sp³-hybridized carbons (Fsp3) is 0.00909. The molecule has 0 saturated heterocycles. The van der Waals surface area contributed by atoms with Crippen molar-refractivity contribution in [1.29, 1.82) is 0 Å². The number of benzene rings is 18. The highest BCUT2D eigenvalue weighted by Crippen LogP contribution is 2.41. The van der Waals surface area contributed by atoms with Crippen molar-refractivity contribution >= 4 is 204 Å². The number of fused-ring (bicyclic) bond motifs is 21. The molecule has 0 unspecified atom stereocenters. The molecule has 12 heteroatoms. The number of aromatic nitrogens is 7. The number of carboxylic acid groups (broad SMARTS) is 1. The van der Waals surface area contributed by atoms with Crippen molar-refractivity contribution < 1.29 is 15.0 Å². The maximum Gasteiger partial charge on any atom is 0.335 e. The van der Waals surface area contributed by atoms with Gasteiger partial charge in [0.25, 0.3) is 0 Å². The molecule has 0 amide bonds. The molecule has 7 aromatic heterocycles. The van der Waals surface area contributed by atoms with Crippen LogP contribution in [0.1, 0.15) is 15.9 Å². The predicted molar refractivity (Wildman–Crippen MR) is 526 cm³/mol. The molecule has 10 nitrogen and oxygen atoms in total. The molecule has 0 fully saturated rings. The lowest BCUT2D eigenvalue weighted by Crippen LogP contribution is -1.99. The zero-order valence-corrected chi connectivity index (χ0v) is 70.2. The predicted octanol–water partition coefficient (Wildman–Crippen LogP) is 29.0. The number of aromatic amines is 1. The zero-order chi connectivity index (χ0) is 81.9. The van der Waals surface area contributed by atoms with Gasteiger partial charge in [0.2, 0.25) is 0 Å². The Kier molecular flexibility index (Phi) is 19.6. The number of nitrogens with one attached hydrogen (secondary N) is 1. The van der Waals surface area contributed by atoms with E-state index in [0.29, 0.717) is 5.56 Å². The zero-order valence-electron chi connectivity index (χ0n) is 65.9. The van der Waals surface area contributed by atoms with Crippen molar-refractivity contribution in [3.05, 3.63) is 443 Å². The normalized spacial score (nSPS) is 11.5. The van der Waals surface area contributed by atoms with E-state index in [9.17, 15) is 15.0 Å². The van der Waals surface area contributed by atoms with Gasteiger partial charge in [0, 0.05) is 128 Å². The number of carbonyl (C=O) groups is 1. The van der Waals surface area contributed by atoms with E-state index in [1.165, 1.54) is 133 Å². The first-order chi connectivity index (χ1) is 60.2. The van der Waals surface area contributed by atoms with E-state index in [1.807, 2.05) is 24.3 Å². The molecular weight excluding hydrogens is 1720 g/mol. The number of para-hydroxylation sites is 12. The molecule has 3 N–H and O–H groups in total. The molecule has 582 valence electrons. The minimum absolute atomic E-state index is 0.0404. The van der Waals surface area contributed by atoms with E-state index in [2.05, 4.69) is 466 Å². The summed E-state index contributed by atoms with van der Waals surface area (Å²) in [5.74, 6) is -0.919. The molecule has 25 rings (SSSR count). The molecule has 7 heterocycles. The molecule has 122 heavy (non-hydrogen) atoms. The van der Waals surface area contributed by atoms with Crippen LogP contribution in [0.5, 0.6) is 0 Å². The second kappa shape index (κ2) is 32.0. The minimum atomic E-state index is -0.919. The molecule has 0 aliphatic heterocycles. The third-order valence-corrected chi connectivity index (χ3v) is 24.7. The molecule has 0 atom stereocenters. The fourth-order valence-corrected chi connectivity index (χ4v) is 19.8. The Bertz CT molecular complexity index is 7970. The van der Waals surface area contributed by atoms with E-state index < -0.39 is 5.97 Å². The van der Waals surface area contributed by atoms with Gasteiger partial charge in [0.15, 0.2) is 0 Å². The van der Waals surface area contributed by atoms with Gasteiger partial charge in [-0.2, -0.15) is 0 Å². The number of aliphatic hydroxyl groups is 1. The standard InChI is InChI=1S/C31H20N2O2.C31H22N2O.C30H20N2.C12H9N.C6H4I2/c34-31(35)20-16-17-30-26(18-20)25-12-3-6-15-29(25)33(30)22-9-7-8-21(19-22)32-27-13-4-1-10-23(27)24-11-2-5-14-28(24)32;34-20-21-16-17-31-27(18-21)26-12-3-6-15-30(26)33(31)23-9-7-8-22(19-23)32-28-13-4-1-10-24(28)25-11-2-5-14-29(25)32;1-5-16-27-23(12-1)24-13-2-6-17-28(24)31(27)21-10-9-11-22(20-21)32-29-18-7-3-14-25(29)26-15-4-8-19-30(26)32;1-3-7-11-9(5-1)10-6-2-4-8-12(10)13-11;7-5-2-1-3-6(8)4-5/h1-19H,(H,34,35);1-19,34H,20H2;1-20H;1-8,13H;1-4H. The number of rotatable bonds is 8. The molecular formula is C110H75I2N7O3. The second-order valence-electron chi connectivity index (χ2n) is 30.4. The SMILES string of the molecule is Ic1cccc(I)c1.O=C(O)c1ccc2c(c1)c1ccccc1n2-c1cccc(-n2c3ccccc3c3ccccc32)c1.OCc1ccc2c(c1)c1ccccc1n2-c1cccc(-n2c3ccccc3c3ccccc32)c1.c1cc(-n2c3ccccc3c3ccccc32)cc(-n2c3ccccc3c3ccccc32)c1.c1ccc2c(c1)[nH]c1ccccc12. The number of nitrogens with zero attached hydrogens (tertiary/aromatic N) is 6. The average Bonchev–Trinajstić information content (AvgIpc) is 1.58. The van der Waals surface area contributed by atoms with Crippen molar-refractivity contribution in [3.8, 4) is 34.1 Å². The van der Waals surface area contributed by atoms with Crippen LogP contribution in [0.2, 0.25) is 0 Å². The molecule has 0 bridgehead atoms. The molecule has 0 aliphatic carbocycles. The van der Waals surface area contributed by atoms with Gasteiger partial charge in [-0.15, -0.1) is 0 Å². The Morgan fingerprint density at radius 3 is 0.697 bits per heavy atom. The van der Waals surface area contributed by atoms with Crippen LogP contribution in [0.15, 0.2) is 425 Å². The first-order valence-electron chi connectivity index (χ1n) is 40.7. The highest BCUT2D eigenvalue weighted by molar-refractivity contribution is 14.1. The van der Waals surface area contributed by atoms with E-state index >= 15 is 0 Å². The largest absolute Gasteiger partial charge is 0.478 e. The summed E-state index contributed by atoms with van der Waals surface area (Å²) in [6.07, 6.45) is 0. The number of hydrogen-bond donors (Lipinski definition) is 3. The van der Waals surface area contributed by atoms with Crippen LogP contribution in [-0.2, 0) is 6.61 Å². The summed E-state index contributed by atoms with van der Waals surface area (Å²) in [5, 5.41) is 36.3. The van der Waals surface area contributed by atoms with Gasteiger partial charge in [0.1, 0.15) is 0 Å². The molecule has 0 radical (unpaired) electrons. The van der Waals surface area contributed by atoms with Gasteiger partial charge in [-0.25, -0.2) is 4.79 Å². The quantitative estimate of drug-likeness (QED) is 0.132. The van der Waals surface area contributed by atoms with Gasteiger partial charge in [-0.05, 0) is 227 Å². The summed E-state index contributed by atoms with van der Waals surface area (Å²) < 4.78 is 16.6. The van der Waals surface area contributed by atoms with Crippen LogP contribution in [0, 0.1) is 7.14 Å². The lowest BCUT2D eigenvalue weighted by Gasteiger charge is -2.13. The van der Waals surface area contributed by atoms with Gasteiger partial charge < -0.3 is 42.6 Å². The van der Waals surface area contributed by atoms with Crippen LogP contribution < -0.4 is 0 Å². The average molecular weight is 1800 g/mol. The van der Waals surface area contributed by atoms with Crippen molar-refractivity contribution in [2.45, 2.75) is 6.61 Å². The van der Waals surface area contributed by atoms with Gasteiger partial charge in [-0.1, -0.05) is 249 Å². The number of H-pyrrole nitrogens is 1. The van der Waals surface area contributed by atoms with E-state index in [0.717, 1.165) is 66.5 Å². The summed E-state index contributed by atoms with van der Waals surface area (Å²) in [5.41, 5.74) is 24.3. The number of hydrogen-bond acceptors (Lipinski definition) is 2. The fourth-order valence-electron chi connectivity index (χ4n) is 18.2. The van der Waals surface area contributed by atoms with E-state index in [4.69, 9.17) is 0 Å². The van der Waals surface area contributed by atoms with Crippen molar-refractivity contribution in [2.24, 2.45) is 0 Å². The summed E-state index contributed by atoms with van der Waals surface area (Å²) >= 11 is 4.60. The molecule has 0 saturated carbocycles. The second-order valence-corrected chi connectivity index (χ2v) is 32.9. The molecule has 0 aliphatic rings. The monoisotopic (exact) mass is 1800 g/mol. The van der Waals surface area contributed by atoms with Gasteiger partial charge in [-0.3, -0.25) is 0 Å². The van der Waals surface area contributed by atoms with Gasteiger partial charge >= 0.3 is 5.97 Å². The highest BCUT2D eigenvalue weighted by atomic mass is 127. The van der Waals surface area contributed by atoms with Crippen molar-refractivity contribution in [1.82, 2.24) is 32.4 Å². The first-order valence-corrected chi connectivity index (χ1v) is 42.8. The summed E-state index contributed by atoms with van der Waals surface area (Å²) in [6, 6.07) is 148. The van der Waals surface area contributed by atoms with Gasteiger partial charge in [0.05, 0.1) is 78.4 Å².